The van der Waals surface area contributed by atoms with E-state index in [2.05, 4.69) is 36.3 Å². The predicted molar refractivity (Wildman–Crippen MR) is 92.3 cm³/mol. The number of hydrogen-bond acceptors (Lipinski definition) is 2. The van der Waals surface area contributed by atoms with E-state index in [0.29, 0.717) is 0 Å². The van der Waals surface area contributed by atoms with Crippen LogP contribution in [0.1, 0.15) is 25.3 Å². The van der Waals surface area contributed by atoms with Gasteiger partial charge >= 0.3 is 0 Å². The molecule has 4 nitrogen and oxygen atoms in total. The SMILES string of the molecule is CC1(C)C(C(=O)NC(N)=Nc2ccccc2)C1c1ccccc1. The van der Waals surface area contributed by atoms with Gasteiger partial charge in [0.1, 0.15) is 0 Å². The summed E-state index contributed by atoms with van der Waals surface area (Å²) in [5, 5.41) is 2.73. The molecule has 0 aromatic heterocycles. The van der Waals surface area contributed by atoms with Crippen molar-refractivity contribution >= 4 is 17.6 Å². The maximum atomic E-state index is 12.5. The van der Waals surface area contributed by atoms with Crippen molar-refractivity contribution in [2.24, 2.45) is 22.1 Å². The second-order valence-electron chi connectivity index (χ2n) is 6.51. The molecule has 1 aliphatic carbocycles. The number of nitrogens with one attached hydrogen (secondary N) is 1. The number of carbonyl (C=O) groups is 1. The van der Waals surface area contributed by atoms with E-state index in [1.165, 1.54) is 5.56 Å². The summed E-state index contributed by atoms with van der Waals surface area (Å²) in [5.41, 5.74) is 7.71. The number of para-hydroxylation sites is 1. The first-order valence-corrected chi connectivity index (χ1v) is 7.75. The Kier molecular flexibility index (Phi) is 3.90. The number of guanidine groups is 1. The summed E-state index contributed by atoms with van der Waals surface area (Å²) < 4.78 is 0. The molecule has 3 rings (SSSR count). The number of benzene rings is 2. The number of rotatable bonds is 3. The molecule has 0 aliphatic heterocycles. The zero-order valence-corrected chi connectivity index (χ0v) is 13.4. The molecule has 2 atom stereocenters. The average Bonchev–Trinajstić information content (AvgIpc) is 3.11. The normalized spacial score (nSPS) is 22.4. The Labute approximate surface area is 136 Å². The van der Waals surface area contributed by atoms with Crippen LogP contribution in [0.2, 0.25) is 0 Å². The first-order valence-electron chi connectivity index (χ1n) is 7.75. The molecule has 0 radical (unpaired) electrons. The smallest absolute Gasteiger partial charge is 0.230 e. The van der Waals surface area contributed by atoms with Crippen LogP contribution in [0.3, 0.4) is 0 Å². The summed E-state index contributed by atoms with van der Waals surface area (Å²) >= 11 is 0. The van der Waals surface area contributed by atoms with Crippen LogP contribution < -0.4 is 11.1 Å². The minimum Gasteiger partial charge on any atom is -0.369 e. The minimum atomic E-state index is -0.0885. The maximum Gasteiger partial charge on any atom is 0.230 e. The number of aliphatic imine (C=N–C) groups is 1. The molecule has 2 aromatic carbocycles. The van der Waals surface area contributed by atoms with Crippen molar-refractivity contribution in [3.63, 3.8) is 0 Å². The van der Waals surface area contributed by atoms with E-state index in [1.807, 2.05) is 48.5 Å². The van der Waals surface area contributed by atoms with E-state index in [0.717, 1.165) is 5.69 Å². The van der Waals surface area contributed by atoms with E-state index >= 15 is 0 Å². The Morgan fingerprint density at radius 3 is 2.22 bits per heavy atom. The molecule has 1 amide bonds. The standard InChI is InChI=1S/C19H21N3O/c1-19(2)15(13-9-5-3-6-10-13)16(19)17(23)22-18(20)21-14-11-7-4-8-12-14/h3-12,15-16H,1-2H3,(H3,20,21,22,23). The van der Waals surface area contributed by atoms with Crippen LogP contribution in [0.25, 0.3) is 0 Å². The lowest BCUT2D eigenvalue weighted by Gasteiger charge is -2.05. The molecule has 118 valence electrons. The summed E-state index contributed by atoms with van der Waals surface area (Å²) in [6.07, 6.45) is 0. The molecule has 0 spiro atoms. The zero-order chi connectivity index (χ0) is 16.4. The summed E-state index contributed by atoms with van der Waals surface area (Å²) in [6, 6.07) is 19.5. The molecule has 3 N–H and O–H groups in total. The number of nitrogens with zero attached hydrogens (tertiary/aromatic N) is 1. The maximum absolute atomic E-state index is 12.5. The van der Waals surface area contributed by atoms with Gasteiger partial charge in [-0.2, -0.15) is 0 Å². The van der Waals surface area contributed by atoms with E-state index < -0.39 is 0 Å². The van der Waals surface area contributed by atoms with Gasteiger partial charge < -0.3 is 5.73 Å². The molecule has 1 saturated carbocycles. The van der Waals surface area contributed by atoms with E-state index in [-0.39, 0.29) is 29.1 Å². The molecular weight excluding hydrogens is 286 g/mol. The van der Waals surface area contributed by atoms with Crippen molar-refractivity contribution in [1.29, 1.82) is 0 Å². The molecule has 2 unspecified atom stereocenters. The van der Waals surface area contributed by atoms with E-state index in [1.54, 1.807) is 0 Å². The molecule has 23 heavy (non-hydrogen) atoms. The van der Waals surface area contributed by atoms with Gasteiger partial charge in [0.2, 0.25) is 11.9 Å². The molecule has 0 saturated heterocycles. The molecule has 4 heteroatoms. The van der Waals surface area contributed by atoms with Crippen LogP contribution >= 0.6 is 0 Å². The summed E-state index contributed by atoms with van der Waals surface area (Å²) in [4.78, 5) is 16.8. The van der Waals surface area contributed by atoms with Crippen molar-refractivity contribution in [2.75, 3.05) is 0 Å². The fraction of sp³-hybridized carbons (Fsp3) is 0.263. The summed E-state index contributed by atoms with van der Waals surface area (Å²) in [5.74, 6) is 0.194. The van der Waals surface area contributed by atoms with E-state index in [9.17, 15) is 4.79 Å². The van der Waals surface area contributed by atoms with Gasteiger partial charge in [0.25, 0.3) is 0 Å². The van der Waals surface area contributed by atoms with Gasteiger partial charge in [0.15, 0.2) is 0 Å². The molecule has 0 heterocycles. The second-order valence-corrected chi connectivity index (χ2v) is 6.51. The highest BCUT2D eigenvalue weighted by Gasteiger charge is 2.62. The van der Waals surface area contributed by atoms with Crippen LogP contribution in [0, 0.1) is 11.3 Å². The molecule has 1 fully saturated rings. The highest BCUT2D eigenvalue weighted by molar-refractivity contribution is 6.00. The lowest BCUT2D eigenvalue weighted by Crippen LogP contribution is -2.38. The van der Waals surface area contributed by atoms with Gasteiger partial charge in [-0.15, -0.1) is 0 Å². The van der Waals surface area contributed by atoms with Crippen LogP contribution in [0.4, 0.5) is 5.69 Å². The highest BCUT2D eigenvalue weighted by Crippen LogP contribution is 2.64. The third-order valence-corrected chi connectivity index (χ3v) is 4.53. The quantitative estimate of drug-likeness (QED) is 0.675. The first-order chi connectivity index (χ1) is 11.0. The van der Waals surface area contributed by atoms with Gasteiger partial charge in [0.05, 0.1) is 11.6 Å². The summed E-state index contributed by atoms with van der Waals surface area (Å²) in [7, 11) is 0. The van der Waals surface area contributed by atoms with Crippen LogP contribution in [-0.4, -0.2) is 11.9 Å². The monoisotopic (exact) mass is 307 g/mol. The summed E-state index contributed by atoms with van der Waals surface area (Å²) in [6.45, 7) is 4.22. The Balaban J connectivity index is 1.71. The van der Waals surface area contributed by atoms with Crippen molar-refractivity contribution in [3.8, 4) is 0 Å². The van der Waals surface area contributed by atoms with Gasteiger partial charge in [-0.05, 0) is 23.1 Å². The van der Waals surface area contributed by atoms with Crippen molar-refractivity contribution in [1.82, 2.24) is 5.32 Å². The van der Waals surface area contributed by atoms with Gasteiger partial charge in [-0.1, -0.05) is 62.4 Å². The number of carbonyl (C=O) groups excluding carboxylic acids is 1. The van der Waals surface area contributed by atoms with Crippen molar-refractivity contribution < 1.29 is 4.79 Å². The average molecular weight is 307 g/mol. The van der Waals surface area contributed by atoms with Crippen molar-refractivity contribution in [2.45, 2.75) is 19.8 Å². The fourth-order valence-corrected chi connectivity index (χ4v) is 3.28. The Hall–Kier alpha value is -2.62. The Morgan fingerprint density at radius 2 is 1.61 bits per heavy atom. The molecule has 2 aromatic rings. The molecule has 1 aliphatic rings. The number of nitrogens with two attached hydrogens (primary N) is 1. The predicted octanol–water partition coefficient (Wildman–Crippen LogP) is 3.19. The first kappa shape index (κ1) is 15.3. The van der Waals surface area contributed by atoms with E-state index in [4.69, 9.17) is 5.73 Å². The molecular formula is C19H21N3O. The van der Waals surface area contributed by atoms with Crippen LogP contribution in [0.5, 0.6) is 0 Å². The van der Waals surface area contributed by atoms with Gasteiger partial charge in [-0.3, -0.25) is 10.1 Å². The topological polar surface area (TPSA) is 67.5 Å². The minimum absolute atomic E-state index is 0.0685. The Bertz CT molecular complexity index is 723. The zero-order valence-electron chi connectivity index (χ0n) is 13.4. The van der Waals surface area contributed by atoms with Gasteiger partial charge in [-0.25, -0.2) is 4.99 Å². The third-order valence-electron chi connectivity index (χ3n) is 4.53. The second kappa shape index (κ2) is 5.88. The largest absolute Gasteiger partial charge is 0.369 e. The third kappa shape index (κ3) is 3.11. The number of hydrogen-bond donors (Lipinski definition) is 2. The lowest BCUT2D eigenvalue weighted by atomic mass is 10.0. The fourth-order valence-electron chi connectivity index (χ4n) is 3.28. The van der Waals surface area contributed by atoms with Crippen molar-refractivity contribution in [3.05, 3.63) is 66.2 Å². The molecule has 0 bridgehead atoms. The van der Waals surface area contributed by atoms with Crippen LogP contribution in [-0.2, 0) is 4.79 Å². The highest BCUT2D eigenvalue weighted by atomic mass is 16.2. The lowest BCUT2D eigenvalue weighted by molar-refractivity contribution is -0.121. The van der Waals surface area contributed by atoms with Crippen LogP contribution in [0.15, 0.2) is 65.7 Å². The van der Waals surface area contributed by atoms with Gasteiger partial charge in [0, 0.05) is 5.92 Å². The number of amides is 1. The Morgan fingerprint density at radius 1 is 1.04 bits per heavy atom.